The smallest absolute Gasteiger partial charge is 0.305 e. The molecule has 0 aliphatic rings. The molecule has 1 atom stereocenters. The molecule has 0 bridgehead atoms. The second-order valence-electron chi connectivity index (χ2n) is 3.80. The number of imidazole rings is 1. The molecule has 0 fully saturated rings. The predicted octanol–water partition coefficient (Wildman–Crippen LogP) is 2.57. The Kier molecular flexibility index (Phi) is 5.61. The first-order valence-electron chi connectivity index (χ1n) is 5.91. The molecule has 0 saturated heterocycles. The van der Waals surface area contributed by atoms with Crippen molar-refractivity contribution in [3.8, 4) is 0 Å². The first-order chi connectivity index (χ1) is 7.77. The van der Waals surface area contributed by atoms with E-state index in [1.807, 2.05) is 19.4 Å². The second kappa shape index (κ2) is 7.04. The van der Waals surface area contributed by atoms with Crippen LogP contribution in [0, 0.1) is 0 Å². The summed E-state index contributed by atoms with van der Waals surface area (Å²) < 4.78 is 7.00. The van der Waals surface area contributed by atoms with Crippen LogP contribution >= 0.6 is 0 Å². The molecule has 1 aromatic heterocycles. The molecule has 4 nitrogen and oxygen atoms in total. The summed E-state index contributed by atoms with van der Waals surface area (Å²) in [5.41, 5.74) is 0. The number of carbonyl (C=O) groups excluding carboxylic acids is 1. The van der Waals surface area contributed by atoms with E-state index >= 15 is 0 Å². The number of esters is 1. The molecule has 90 valence electrons. The SMILES string of the molecule is CCCC(CCC(=O)OCC)n1ccnc1. The summed E-state index contributed by atoms with van der Waals surface area (Å²) in [4.78, 5) is 15.3. The maximum absolute atomic E-state index is 11.3. The third-order valence-corrected chi connectivity index (χ3v) is 2.56. The fourth-order valence-corrected chi connectivity index (χ4v) is 1.78. The van der Waals surface area contributed by atoms with Crippen molar-refractivity contribution >= 4 is 5.97 Å². The van der Waals surface area contributed by atoms with Crippen LogP contribution in [-0.4, -0.2) is 22.1 Å². The van der Waals surface area contributed by atoms with Gasteiger partial charge in [-0.25, -0.2) is 4.98 Å². The zero-order chi connectivity index (χ0) is 11.8. The van der Waals surface area contributed by atoms with Gasteiger partial charge in [0.25, 0.3) is 0 Å². The fourth-order valence-electron chi connectivity index (χ4n) is 1.78. The molecule has 0 amide bonds. The molecule has 16 heavy (non-hydrogen) atoms. The van der Waals surface area contributed by atoms with Crippen molar-refractivity contribution in [2.24, 2.45) is 0 Å². The van der Waals surface area contributed by atoms with E-state index in [9.17, 15) is 4.79 Å². The lowest BCUT2D eigenvalue weighted by molar-refractivity contribution is -0.143. The summed E-state index contributed by atoms with van der Waals surface area (Å²) in [5.74, 6) is -0.108. The molecule has 0 spiro atoms. The average Bonchev–Trinajstić information content (AvgIpc) is 2.78. The minimum atomic E-state index is -0.108. The van der Waals surface area contributed by atoms with Gasteiger partial charge in [0.05, 0.1) is 12.9 Å². The van der Waals surface area contributed by atoms with E-state index in [0.717, 1.165) is 19.3 Å². The molecule has 0 aromatic carbocycles. The maximum atomic E-state index is 11.3. The summed E-state index contributed by atoms with van der Waals surface area (Å²) in [7, 11) is 0. The minimum absolute atomic E-state index is 0.108. The van der Waals surface area contributed by atoms with Crippen LogP contribution in [0.4, 0.5) is 0 Å². The van der Waals surface area contributed by atoms with Crippen LogP contribution in [-0.2, 0) is 9.53 Å². The first kappa shape index (κ1) is 12.7. The zero-order valence-corrected chi connectivity index (χ0v) is 10.1. The highest BCUT2D eigenvalue weighted by molar-refractivity contribution is 5.69. The van der Waals surface area contributed by atoms with Gasteiger partial charge in [-0.15, -0.1) is 0 Å². The van der Waals surface area contributed by atoms with Crippen molar-refractivity contribution in [1.82, 2.24) is 9.55 Å². The van der Waals surface area contributed by atoms with Crippen LogP contribution in [0.15, 0.2) is 18.7 Å². The third-order valence-electron chi connectivity index (χ3n) is 2.56. The normalized spacial score (nSPS) is 12.4. The van der Waals surface area contributed by atoms with E-state index in [4.69, 9.17) is 4.74 Å². The van der Waals surface area contributed by atoms with Crippen LogP contribution in [0.1, 0.15) is 45.6 Å². The van der Waals surface area contributed by atoms with Gasteiger partial charge < -0.3 is 9.30 Å². The standard InChI is InChI=1S/C12H20N2O2/c1-3-5-11(14-9-8-13-10-14)6-7-12(15)16-4-2/h8-11H,3-7H2,1-2H3. The van der Waals surface area contributed by atoms with E-state index in [1.54, 1.807) is 6.20 Å². The van der Waals surface area contributed by atoms with Gasteiger partial charge in [0.15, 0.2) is 0 Å². The Labute approximate surface area is 96.6 Å². The summed E-state index contributed by atoms with van der Waals surface area (Å²) in [5, 5.41) is 0. The number of carbonyl (C=O) groups is 1. The van der Waals surface area contributed by atoms with Crippen LogP contribution < -0.4 is 0 Å². The Morgan fingerprint density at radius 1 is 1.44 bits per heavy atom. The Bertz CT molecular complexity index is 296. The fraction of sp³-hybridized carbons (Fsp3) is 0.667. The van der Waals surface area contributed by atoms with Gasteiger partial charge in [0, 0.05) is 24.9 Å². The van der Waals surface area contributed by atoms with Crippen LogP contribution in [0.5, 0.6) is 0 Å². The topological polar surface area (TPSA) is 44.1 Å². The molecular formula is C12H20N2O2. The van der Waals surface area contributed by atoms with Gasteiger partial charge in [0.1, 0.15) is 0 Å². The summed E-state index contributed by atoms with van der Waals surface area (Å²) in [6.45, 7) is 4.44. The van der Waals surface area contributed by atoms with E-state index in [1.165, 1.54) is 0 Å². The van der Waals surface area contributed by atoms with Crippen molar-refractivity contribution in [3.05, 3.63) is 18.7 Å². The number of hydrogen-bond donors (Lipinski definition) is 0. The molecular weight excluding hydrogens is 204 g/mol. The van der Waals surface area contributed by atoms with E-state index in [0.29, 0.717) is 19.1 Å². The molecule has 1 aromatic rings. The highest BCUT2D eigenvalue weighted by Crippen LogP contribution is 2.19. The van der Waals surface area contributed by atoms with Crippen molar-refractivity contribution in [2.45, 2.75) is 45.6 Å². The quantitative estimate of drug-likeness (QED) is 0.668. The van der Waals surface area contributed by atoms with Gasteiger partial charge in [-0.1, -0.05) is 13.3 Å². The Morgan fingerprint density at radius 2 is 2.25 bits per heavy atom. The molecule has 0 aliphatic heterocycles. The number of aromatic nitrogens is 2. The van der Waals surface area contributed by atoms with Gasteiger partial charge in [-0.2, -0.15) is 0 Å². The predicted molar refractivity (Wildman–Crippen MR) is 62.0 cm³/mol. The Morgan fingerprint density at radius 3 is 2.81 bits per heavy atom. The third kappa shape index (κ3) is 4.04. The van der Waals surface area contributed by atoms with Gasteiger partial charge in [0.2, 0.25) is 0 Å². The second-order valence-corrected chi connectivity index (χ2v) is 3.80. The number of nitrogens with zero attached hydrogens (tertiary/aromatic N) is 2. The highest BCUT2D eigenvalue weighted by Gasteiger charge is 2.12. The van der Waals surface area contributed by atoms with Crippen LogP contribution in [0.25, 0.3) is 0 Å². The monoisotopic (exact) mass is 224 g/mol. The van der Waals surface area contributed by atoms with Crippen molar-refractivity contribution in [3.63, 3.8) is 0 Å². The lowest BCUT2D eigenvalue weighted by atomic mass is 10.1. The zero-order valence-electron chi connectivity index (χ0n) is 10.1. The van der Waals surface area contributed by atoms with E-state index < -0.39 is 0 Å². The van der Waals surface area contributed by atoms with E-state index in [2.05, 4.69) is 16.5 Å². The molecule has 0 saturated carbocycles. The van der Waals surface area contributed by atoms with Crippen molar-refractivity contribution in [2.75, 3.05) is 6.61 Å². The number of hydrogen-bond acceptors (Lipinski definition) is 3. The molecule has 0 radical (unpaired) electrons. The summed E-state index contributed by atoms with van der Waals surface area (Å²) >= 11 is 0. The molecule has 0 N–H and O–H groups in total. The van der Waals surface area contributed by atoms with E-state index in [-0.39, 0.29) is 5.97 Å². The van der Waals surface area contributed by atoms with Crippen molar-refractivity contribution in [1.29, 1.82) is 0 Å². The maximum Gasteiger partial charge on any atom is 0.305 e. The molecule has 1 rings (SSSR count). The van der Waals surface area contributed by atoms with Gasteiger partial charge in [-0.05, 0) is 19.8 Å². The van der Waals surface area contributed by atoms with Crippen LogP contribution in [0.3, 0.4) is 0 Å². The first-order valence-corrected chi connectivity index (χ1v) is 5.91. The lowest BCUT2D eigenvalue weighted by Crippen LogP contribution is -2.11. The molecule has 1 unspecified atom stereocenters. The minimum Gasteiger partial charge on any atom is -0.466 e. The summed E-state index contributed by atoms with van der Waals surface area (Å²) in [6, 6.07) is 0.358. The van der Waals surface area contributed by atoms with Crippen molar-refractivity contribution < 1.29 is 9.53 Å². The number of ether oxygens (including phenoxy) is 1. The highest BCUT2D eigenvalue weighted by atomic mass is 16.5. The van der Waals surface area contributed by atoms with Crippen LogP contribution in [0.2, 0.25) is 0 Å². The lowest BCUT2D eigenvalue weighted by Gasteiger charge is -2.17. The Hall–Kier alpha value is -1.32. The Balaban J connectivity index is 2.43. The van der Waals surface area contributed by atoms with Gasteiger partial charge in [-0.3, -0.25) is 4.79 Å². The largest absolute Gasteiger partial charge is 0.466 e. The molecule has 0 aliphatic carbocycles. The molecule has 4 heteroatoms. The molecule has 1 heterocycles. The van der Waals surface area contributed by atoms with Gasteiger partial charge >= 0.3 is 5.97 Å². The number of rotatable bonds is 7. The summed E-state index contributed by atoms with van der Waals surface area (Å²) in [6.07, 6.45) is 9.01. The average molecular weight is 224 g/mol.